The van der Waals surface area contributed by atoms with E-state index in [0.717, 1.165) is 18.9 Å². The Kier molecular flexibility index (Phi) is 3.34. The number of hydrogen-bond donors (Lipinski definition) is 2. The molecule has 3 N–H and O–H groups in total. The van der Waals surface area contributed by atoms with E-state index < -0.39 is 0 Å². The number of nitrogen functional groups attached to an aromatic ring is 1. The van der Waals surface area contributed by atoms with Gasteiger partial charge < -0.3 is 15.6 Å². The van der Waals surface area contributed by atoms with Gasteiger partial charge >= 0.3 is 0 Å². The van der Waals surface area contributed by atoms with Gasteiger partial charge in [0.05, 0.1) is 24.5 Å². The minimum atomic E-state index is -0.0733. The van der Waals surface area contributed by atoms with Gasteiger partial charge in [0, 0.05) is 13.1 Å². The molecule has 0 spiro atoms. The Hall–Kier alpha value is -2.41. The van der Waals surface area contributed by atoms with Crippen molar-refractivity contribution in [3.63, 3.8) is 0 Å². The molecular formula is C13H16N6O. The smallest absolute Gasteiger partial charge is 0.238 e. The number of nitrogens with zero attached hydrogens (tertiary/aromatic N) is 4. The van der Waals surface area contributed by atoms with Gasteiger partial charge in [-0.3, -0.25) is 9.69 Å². The van der Waals surface area contributed by atoms with Crippen molar-refractivity contribution in [2.24, 2.45) is 0 Å². The van der Waals surface area contributed by atoms with E-state index in [0.29, 0.717) is 24.5 Å². The molecule has 1 aliphatic rings. The van der Waals surface area contributed by atoms with Gasteiger partial charge in [-0.15, -0.1) is 10.2 Å². The Labute approximate surface area is 116 Å². The molecule has 0 fully saturated rings. The Morgan fingerprint density at radius 1 is 1.35 bits per heavy atom. The van der Waals surface area contributed by atoms with Gasteiger partial charge in [-0.05, 0) is 12.1 Å². The molecule has 0 saturated heterocycles. The zero-order valence-electron chi connectivity index (χ0n) is 11.0. The van der Waals surface area contributed by atoms with Crippen molar-refractivity contribution in [1.29, 1.82) is 0 Å². The molecule has 1 amide bonds. The van der Waals surface area contributed by atoms with Gasteiger partial charge in [0.15, 0.2) is 0 Å². The lowest BCUT2D eigenvalue weighted by Gasteiger charge is -2.26. The van der Waals surface area contributed by atoms with Crippen LogP contribution in [0.2, 0.25) is 0 Å². The molecule has 7 heteroatoms. The minimum absolute atomic E-state index is 0.0733. The van der Waals surface area contributed by atoms with Crippen LogP contribution < -0.4 is 11.1 Å². The van der Waals surface area contributed by atoms with Crippen molar-refractivity contribution in [3.8, 4) is 0 Å². The second-order valence-electron chi connectivity index (χ2n) is 4.79. The number of hydrogen-bond acceptors (Lipinski definition) is 5. The molecule has 0 saturated carbocycles. The molecule has 2 heterocycles. The van der Waals surface area contributed by atoms with Gasteiger partial charge in [-0.25, -0.2) is 0 Å². The first-order valence-electron chi connectivity index (χ1n) is 6.46. The number of para-hydroxylation sites is 2. The number of nitrogens with one attached hydrogen (secondary N) is 1. The van der Waals surface area contributed by atoms with Crippen molar-refractivity contribution in [1.82, 2.24) is 19.7 Å². The van der Waals surface area contributed by atoms with Crippen LogP contribution in [-0.4, -0.2) is 38.7 Å². The summed E-state index contributed by atoms with van der Waals surface area (Å²) in [6.07, 6.45) is 1.72. The molecule has 0 bridgehead atoms. The van der Waals surface area contributed by atoms with Gasteiger partial charge in [0.1, 0.15) is 12.2 Å². The molecule has 0 radical (unpaired) electrons. The Balaban J connectivity index is 1.59. The number of anilines is 2. The van der Waals surface area contributed by atoms with Crippen molar-refractivity contribution < 1.29 is 4.79 Å². The molecule has 0 unspecified atom stereocenters. The van der Waals surface area contributed by atoms with E-state index >= 15 is 0 Å². The number of rotatable bonds is 3. The molecule has 3 rings (SSSR count). The topological polar surface area (TPSA) is 89.1 Å². The summed E-state index contributed by atoms with van der Waals surface area (Å²) in [4.78, 5) is 14.1. The fourth-order valence-electron chi connectivity index (χ4n) is 2.25. The number of nitrogens with two attached hydrogens (primary N) is 1. The first-order valence-corrected chi connectivity index (χ1v) is 6.46. The van der Waals surface area contributed by atoms with Gasteiger partial charge in [-0.2, -0.15) is 0 Å². The molecule has 1 aromatic heterocycles. The molecule has 1 aromatic carbocycles. The average molecular weight is 272 g/mol. The summed E-state index contributed by atoms with van der Waals surface area (Å²) >= 11 is 0. The Morgan fingerprint density at radius 3 is 3.05 bits per heavy atom. The highest BCUT2D eigenvalue weighted by molar-refractivity contribution is 5.95. The molecule has 104 valence electrons. The van der Waals surface area contributed by atoms with Crippen LogP contribution >= 0.6 is 0 Å². The van der Waals surface area contributed by atoms with Crippen LogP contribution in [0.4, 0.5) is 11.4 Å². The van der Waals surface area contributed by atoms with Crippen LogP contribution in [0.5, 0.6) is 0 Å². The van der Waals surface area contributed by atoms with E-state index in [1.54, 1.807) is 18.5 Å². The van der Waals surface area contributed by atoms with Crippen LogP contribution in [0.3, 0.4) is 0 Å². The molecule has 1 aliphatic heterocycles. The zero-order chi connectivity index (χ0) is 13.9. The Bertz CT molecular complexity index is 623. The van der Waals surface area contributed by atoms with Crippen molar-refractivity contribution >= 4 is 17.3 Å². The molecule has 20 heavy (non-hydrogen) atoms. The highest BCUT2D eigenvalue weighted by Crippen LogP contribution is 2.17. The van der Waals surface area contributed by atoms with Gasteiger partial charge in [0.25, 0.3) is 0 Å². The number of benzene rings is 1. The van der Waals surface area contributed by atoms with E-state index in [4.69, 9.17) is 5.73 Å². The molecule has 7 nitrogen and oxygen atoms in total. The van der Waals surface area contributed by atoms with Crippen LogP contribution in [0.15, 0.2) is 30.6 Å². The second kappa shape index (κ2) is 5.30. The third kappa shape index (κ3) is 2.62. The molecule has 0 atom stereocenters. The fourth-order valence-corrected chi connectivity index (χ4v) is 2.25. The molecule has 2 aromatic rings. The quantitative estimate of drug-likeness (QED) is 0.785. The van der Waals surface area contributed by atoms with E-state index in [1.807, 2.05) is 21.6 Å². The van der Waals surface area contributed by atoms with Crippen molar-refractivity contribution in [2.75, 3.05) is 24.1 Å². The maximum Gasteiger partial charge on any atom is 0.238 e. The second-order valence-corrected chi connectivity index (χ2v) is 4.79. The predicted octanol–water partition coefficient (Wildman–Crippen LogP) is 0.315. The summed E-state index contributed by atoms with van der Waals surface area (Å²) in [6, 6.07) is 7.23. The summed E-state index contributed by atoms with van der Waals surface area (Å²) in [5.74, 6) is 0.819. The van der Waals surface area contributed by atoms with Gasteiger partial charge in [0.2, 0.25) is 5.91 Å². The standard InChI is InChI=1S/C13H16N6O/c14-10-3-1-2-4-11(10)16-13(20)8-18-5-6-19-9-15-17-12(19)7-18/h1-4,9H,5-8,14H2,(H,16,20). The highest BCUT2D eigenvalue weighted by atomic mass is 16.2. The summed E-state index contributed by atoms with van der Waals surface area (Å²) in [5, 5.41) is 10.7. The number of fused-ring (bicyclic) bond motifs is 1. The normalized spacial score (nSPS) is 14.8. The van der Waals surface area contributed by atoms with E-state index in [9.17, 15) is 4.79 Å². The van der Waals surface area contributed by atoms with E-state index in [2.05, 4.69) is 15.5 Å². The zero-order valence-corrected chi connectivity index (χ0v) is 11.0. The largest absolute Gasteiger partial charge is 0.397 e. The first kappa shape index (κ1) is 12.6. The van der Waals surface area contributed by atoms with Gasteiger partial charge in [-0.1, -0.05) is 12.1 Å². The highest BCUT2D eigenvalue weighted by Gasteiger charge is 2.19. The number of carbonyl (C=O) groups excluding carboxylic acids is 1. The van der Waals surface area contributed by atoms with Crippen LogP contribution in [0.25, 0.3) is 0 Å². The van der Waals surface area contributed by atoms with E-state index in [-0.39, 0.29) is 5.91 Å². The van der Waals surface area contributed by atoms with Crippen LogP contribution in [0.1, 0.15) is 5.82 Å². The minimum Gasteiger partial charge on any atom is -0.397 e. The summed E-state index contributed by atoms with van der Waals surface area (Å²) < 4.78 is 2.00. The number of aromatic nitrogens is 3. The number of amides is 1. The lowest BCUT2D eigenvalue weighted by Crippen LogP contribution is -2.39. The number of carbonyl (C=O) groups is 1. The predicted molar refractivity (Wildman–Crippen MR) is 74.8 cm³/mol. The lowest BCUT2D eigenvalue weighted by molar-refractivity contribution is -0.117. The third-order valence-electron chi connectivity index (χ3n) is 3.32. The monoisotopic (exact) mass is 272 g/mol. The van der Waals surface area contributed by atoms with Crippen LogP contribution in [0, 0.1) is 0 Å². The van der Waals surface area contributed by atoms with Crippen molar-refractivity contribution in [2.45, 2.75) is 13.1 Å². The maximum absolute atomic E-state index is 12.0. The molecular weight excluding hydrogens is 256 g/mol. The lowest BCUT2D eigenvalue weighted by atomic mass is 10.2. The summed E-state index contributed by atoms with van der Waals surface area (Å²) in [6.45, 7) is 2.57. The summed E-state index contributed by atoms with van der Waals surface area (Å²) in [7, 11) is 0. The van der Waals surface area contributed by atoms with E-state index in [1.165, 1.54) is 0 Å². The first-order chi connectivity index (χ1) is 9.72. The fraction of sp³-hybridized carbons (Fsp3) is 0.308. The summed E-state index contributed by atoms with van der Waals surface area (Å²) in [5.41, 5.74) is 7.02. The SMILES string of the molecule is Nc1ccccc1NC(=O)CN1CCn2cnnc2C1. The maximum atomic E-state index is 12.0. The van der Waals surface area contributed by atoms with Crippen molar-refractivity contribution in [3.05, 3.63) is 36.4 Å². The molecule has 0 aliphatic carbocycles. The van der Waals surface area contributed by atoms with Crippen LogP contribution in [-0.2, 0) is 17.9 Å². The average Bonchev–Trinajstić information content (AvgIpc) is 2.89. The third-order valence-corrected chi connectivity index (χ3v) is 3.32. The Morgan fingerprint density at radius 2 is 2.20 bits per heavy atom.